The molecule has 0 spiro atoms. The molecule has 21 heavy (non-hydrogen) atoms. The smallest absolute Gasteiger partial charge is 0.269 e. The topological polar surface area (TPSA) is 89.5 Å². The second-order valence-electron chi connectivity index (χ2n) is 5.56. The molecule has 0 aliphatic heterocycles. The van der Waals surface area contributed by atoms with E-state index < -0.39 is 4.92 Å². The third-order valence-corrected chi connectivity index (χ3v) is 3.87. The summed E-state index contributed by atoms with van der Waals surface area (Å²) >= 11 is 0. The van der Waals surface area contributed by atoms with Gasteiger partial charge in [0, 0.05) is 25.7 Å². The van der Waals surface area contributed by atoms with Gasteiger partial charge in [-0.1, -0.05) is 26.0 Å². The largest absolute Gasteiger partial charge is 0.339 e. The predicted molar refractivity (Wildman–Crippen MR) is 81.7 cm³/mol. The summed E-state index contributed by atoms with van der Waals surface area (Å²) in [5, 5.41) is 10.8. The summed E-state index contributed by atoms with van der Waals surface area (Å²) in [5.41, 5.74) is 6.44. The number of hydrogen-bond acceptors (Lipinski definition) is 4. The zero-order valence-corrected chi connectivity index (χ0v) is 12.9. The van der Waals surface area contributed by atoms with E-state index in [1.54, 1.807) is 24.1 Å². The zero-order valence-electron chi connectivity index (χ0n) is 12.9. The standard InChI is InChI=1S/C15H23N3O3/c1-10(2)14(9-16)15(19)17(4)11(3)12-6-5-7-13(8-12)18(20)21/h5-8,10-11,14H,9,16H2,1-4H3. The minimum atomic E-state index is -0.436. The van der Waals surface area contributed by atoms with Crippen LogP contribution >= 0.6 is 0 Å². The molecule has 0 fully saturated rings. The highest BCUT2D eigenvalue weighted by molar-refractivity contribution is 5.79. The van der Waals surface area contributed by atoms with E-state index in [1.807, 2.05) is 20.8 Å². The number of rotatable bonds is 6. The fourth-order valence-corrected chi connectivity index (χ4v) is 2.23. The SMILES string of the molecule is CC(C)C(CN)C(=O)N(C)C(C)c1cccc([N+](=O)[O-])c1. The van der Waals surface area contributed by atoms with E-state index in [4.69, 9.17) is 5.73 Å². The zero-order chi connectivity index (χ0) is 16.2. The van der Waals surface area contributed by atoms with E-state index in [0.29, 0.717) is 6.54 Å². The first-order chi connectivity index (χ1) is 9.79. The molecule has 2 N–H and O–H groups in total. The van der Waals surface area contributed by atoms with Gasteiger partial charge in [-0.25, -0.2) is 0 Å². The molecule has 0 heterocycles. The van der Waals surface area contributed by atoms with Gasteiger partial charge < -0.3 is 10.6 Å². The van der Waals surface area contributed by atoms with Gasteiger partial charge in [0.15, 0.2) is 0 Å². The Labute approximate surface area is 125 Å². The summed E-state index contributed by atoms with van der Waals surface area (Å²) in [7, 11) is 1.71. The van der Waals surface area contributed by atoms with Crippen molar-refractivity contribution in [3.8, 4) is 0 Å². The highest BCUT2D eigenvalue weighted by Crippen LogP contribution is 2.25. The maximum Gasteiger partial charge on any atom is 0.269 e. The van der Waals surface area contributed by atoms with Crippen LogP contribution in [0.4, 0.5) is 5.69 Å². The van der Waals surface area contributed by atoms with Crippen molar-refractivity contribution in [2.24, 2.45) is 17.6 Å². The molecule has 2 atom stereocenters. The Morgan fingerprint density at radius 2 is 2.00 bits per heavy atom. The van der Waals surface area contributed by atoms with Crippen molar-refractivity contribution in [2.45, 2.75) is 26.8 Å². The maximum absolute atomic E-state index is 12.5. The first-order valence-electron chi connectivity index (χ1n) is 7.00. The van der Waals surface area contributed by atoms with Crippen molar-refractivity contribution in [2.75, 3.05) is 13.6 Å². The van der Waals surface area contributed by atoms with Gasteiger partial charge >= 0.3 is 0 Å². The molecule has 0 bridgehead atoms. The van der Waals surface area contributed by atoms with Gasteiger partial charge in [-0.2, -0.15) is 0 Å². The maximum atomic E-state index is 12.5. The molecule has 0 radical (unpaired) electrons. The number of carbonyl (C=O) groups is 1. The Kier molecular flexibility index (Phi) is 5.84. The molecule has 6 nitrogen and oxygen atoms in total. The van der Waals surface area contributed by atoms with Crippen LogP contribution < -0.4 is 5.73 Å². The number of carbonyl (C=O) groups excluding carboxylic acids is 1. The van der Waals surface area contributed by atoms with Crippen molar-refractivity contribution < 1.29 is 9.72 Å². The molecule has 1 rings (SSSR count). The number of nitrogens with two attached hydrogens (primary N) is 1. The van der Waals surface area contributed by atoms with E-state index in [-0.39, 0.29) is 29.5 Å². The van der Waals surface area contributed by atoms with Gasteiger partial charge in [0.05, 0.1) is 16.9 Å². The van der Waals surface area contributed by atoms with Crippen LogP contribution in [0.3, 0.4) is 0 Å². The summed E-state index contributed by atoms with van der Waals surface area (Å²) in [6, 6.07) is 6.11. The van der Waals surface area contributed by atoms with Crippen molar-refractivity contribution in [3.63, 3.8) is 0 Å². The Morgan fingerprint density at radius 3 is 2.48 bits per heavy atom. The van der Waals surface area contributed by atoms with Gasteiger partial charge in [-0.15, -0.1) is 0 Å². The lowest BCUT2D eigenvalue weighted by atomic mass is 9.93. The van der Waals surface area contributed by atoms with E-state index in [2.05, 4.69) is 0 Å². The van der Waals surface area contributed by atoms with Crippen LogP contribution in [0.2, 0.25) is 0 Å². The molecule has 116 valence electrons. The molecule has 2 unspecified atom stereocenters. The van der Waals surface area contributed by atoms with Crippen molar-refractivity contribution >= 4 is 11.6 Å². The number of nitro benzene ring substituents is 1. The quantitative estimate of drug-likeness (QED) is 0.644. The van der Waals surface area contributed by atoms with E-state index in [9.17, 15) is 14.9 Å². The monoisotopic (exact) mass is 293 g/mol. The first kappa shape index (κ1) is 17.1. The summed E-state index contributed by atoms with van der Waals surface area (Å²) in [6.45, 7) is 6.07. The van der Waals surface area contributed by atoms with Crippen LogP contribution in [-0.2, 0) is 4.79 Å². The third-order valence-electron chi connectivity index (χ3n) is 3.87. The molecule has 0 saturated heterocycles. The molecule has 6 heteroatoms. The fraction of sp³-hybridized carbons (Fsp3) is 0.533. The van der Waals surface area contributed by atoms with Crippen LogP contribution in [0.15, 0.2) is 24.3 Å². The predicted octanol–water partition coefficient (Wildman–Crippen LogP) is 2.35. The van der Waals surface area contributed by atoms with E-state index >= 15 is 0 Å². The van der Waals surface area contributed by atoms with Crippen molar-refractivity contribution in [1.29, 1.82) is 0 Å². The van der Waals surface area contributed by atoms with Crippen LogP contribution in [0.1, 0.15) is 32.4 Å². The summed E-state index contributed by atoms with van der Waals surface area (Å²) < 4.78 is 0. The van der Waals surface area contributed by atoms with Crippen LogP contribution in [0, 0.1) is 22.0 Å². The molecule has 1 amide bonds. The van der Waals surface area contributed by atoms with Crippen LogP contribution in [0.25, 0.3) is 0 Å². The first-order valence-corrected chi connectivity index (χ1v) is 7.00. The Morgan fingerprint density at radius 1 is 1.38 bits per heavy atom. The summed E-state index contributed by atoms with van der Waals surface area (Å²) in [6.07, 6.45) is 0. The fourth-order valence-electron chi connectivity index (χ4n) is 2.23. The second kappa shape index (κ2) is 7.17. The number of hydrogen-bond donors (Lipinski definition) is 1. The molecule has 0 saturated carbocycles. The third kappa shape index (κ3) is 4.01. The molecule has 0 aliphatic rings. The minimum absolute atomic E-state index is 0.0273. The average molecular weight is 293 g/mol. The Bertz CT molecular complexity index is 517. The molecule has 0 aliphatic carbocycles. The van der Waals surface area contributed by atoms with Crippen molar-refractivity contribution in [1.82, 2.24) is 4.90 Å². The summed E-state index contributed by atoms with van der Waals surface area (Å²) in [5.74, 6) is -0.120. The number of non-ortho nitro benzene ring substituents is 1. The molecular weight excluding hydrogens is 270 g/mol. The summed E-state index contributed by atoms with van der Waals surface area (Å²) in [4.78, 5) is 24.5. The second-order valence-corrected chi connectivity index (χ2v) is 5.56. The highest BCUT2D eigenvalue weighted by atomic mass is 16.6. The van der Waals surface area contributed by atoms with E-state index in [1.165, 1.54) is 12.1 Å². The van der Waals surface area contributed by atoms with Gasteiger partial charge in [0.1, 0.15) is 0 Å². The van der Waals surface area contributed by atoms with Gasteiger partial charge in [-0.3, -0.25) is 14.9 Å². The number of amides is 1. The number of nitrogens with zero attached hydrogens (tertiary/aromatic N) is 2. The van der Waals surface area contributed by atoms with Crippen molar-refractivity contribution in [3.05, 3.63) is 39.9 Å². The molecule has 0 aromatic heterocycles. The van der Waals surface area contributed by atoms with Gasteiger partial charge in [-0.05, 0) is 18.4 Å². The number of benzene rings is 1. The lowest BCUT2D eigenvalue weighted by molar-refractivity contribution is -0.384. The lowest BCUT2D eigenvalue weighted by Gasteiger charge is -2.30. The van der Waals surface area contributed by atoms with Crippen LogP contribution in [0.5, 0.6) is 0 Å². The average Bonchev–Trinajstić information content (AvgIpc) is 2.45. The molecular formula is C15H23N3O3. The molecule has 1 aromatic rings. The number of nitro groups is 1. The lowest BCUT2D eigenvalue weighted by Crippen LogP contribution is -2.40. The Balaban J connectivity index is 2.96. The highest BCUT2D eigenvalue weighted by Gasteiger charge is 2.27. The van der Waals surface area contributed by atoms with Crippen LogP contribution in [-0.4, -0.2) is 29.3 Å². The minimum Gasteiger partial charge on any atom is -0.339 e. The van der Waals surface area contributed by atoms with Gasteiger partial charge in [0.25, 0.3) is 5.69 Å². The molecule has 1 aromatic carbocycles. The Hall–Kier alpha value is -1.95. The normalized spacial score (nSPS) is 13.8. The van der Waals surface area contributed by atoms with Gasteiger partial charge in [0.2, 0.25) is 5.91 Å². The van der Waals surface area contributed by atoms with E-state index in [0.717, 1.165) is 5.56 Å².